The van der Waals surface area contributed by atoms with Crippen LogP contribution < -0.4 is 0 Å². The van der Waals surface area contributed by atoms with Crippen molar-refractivity contribution >= 4 is 0 Å². The van der Waals surface area contributed by atoms with Crippen LogP contribution in [0.1, 0.15) is 113 Å². The first kappa shape index (κ1) is 73.4. The molecule has 9 aliphatic rings. The molecule has 4 aliphatic carbocycles. The molecule has 0 spiro atoms. The van der Waals surface area contributed by atoms with Crippen LogP contribution in [0.5, 0.6) is 0 Å². The SMILES string of the molecule is C[C@H](CC[C@@H](O[C@H]1C[C@@H](O)[C@H](O)[C@@H](CO)O1)C(C)(C)O)C1CC[C@@]2(C)C3CC=C4C(CC[C@H](O[C@@H]5O[C@H](CO[C@@H]6O[C@H](CO)[C@@H](O)[C@H](O)[C@H]6O)[C@@H](O)[C@H](O)[C@H]5O)C4(C)C)[C@]3(C)[C@H](O)C[C@]12C.OC[C@H]1O[C@@H](O[C@@H]2[C@@H](O)[C@H](O)O[C@H](CO)[C@H]2O)[C@H](O)[C@@H](O)[C@@H]1O. The second-order valence-corrected chi connectivity index (χ2v) is 28.5. The summed E-state index contributed by atoms with van der Waals surface area (Å²) >= 11 is 0. The summed E-state index contributed by atoms with van der Waals surface area (Å²) in [5, 5.41) is 204. The lowest BCUT2D eigenvalue weighted by Crippen LogP contribution is -2.65. The Morgan fingerprint density at radius 2 is 1.08 bits per heavy atom. The number of allylic oxidation sites excluding steroid dienone is 1. The molecule has 3 unspecified atom stereocenters. The normalized spacial score (nSPS) is 50.7. The zero-order valence-electron chi connectivity index (χ0n) is 52.0. The van der Waals surface area contributed by atoms with Gasteiger partial charge in [-0.25, -0.2) is 0 Å². The molecule has 5 heterocycles. The van der Waals surface area contributed by atoms with E-state index in [1.807, 2.05) is 0 Å². The van der Waals surface area contributed by atoms with Crippen LogP contribution >= 0.6 is 0 Å². The maximum atomic E-state index is 12.6. The van der Waals surface area contributed by atoms with Gasteiger partial charge in [-0.05, 0) is 99.7 Å². The molecule has 0 aromatic heterocycles. The van der Waals surface area contributed by atoms with Crippen LogP contribution in [0, 0.1) is 45.3 Å². The average molecular weight is 1290 g/mol. The van der Waals surface area contributed by atoms with E-state index in [1.165, 1.54) is 5.57 Å². The van der Waals surface area contributed by atoms with Crippen molar-refractivity contribution in [3.05, 3.63) is 11.6 Å². The second-order valence-electron chi connectivity index (χ2n) is 28.5. The first-order valence-corrected chi connectivity index (χ1v) is 31.5. The first-order valence-electron chi connectivity index (χ1n) is 31.5. The highest BCUT2D eigenvalue weighted by atomic mass is 16.7. The van der Waals surface area contributed by atoms with Crippen molar-refractivity contribution in [2.24, 2.45) is 45.3 Å². The fourth-order valence-corrected chi connectivity index (χ4v) is 16.7. The highest BCUT2D eigenvalue weighted by Gasteiger charge is 2.70. The Bertz CT molecular complexity index is 2300. The Morgan fingerprint density at radius 3 is 1.65 bits per heavy atom. The van der Waals surface area contributed by atoms with Gasteiger partial charge in [0.05, 0.1) is 63.1 Å². The van der Waals surface area contributed by atoms with Crippen molar-refractivity contribution in [3.63, 3.8) is 0 Å². The summed E-state index contributed by atoms with van der Waals surface area (Å²) in [6.07, 6.45) is -28.5. The number of aliphatic hydroxyl groups excluding tert-OH is 19. The van der Waals surface area contributed by atoms with E-state index in [2.05, 4.69) is 47.6 Å². The van der Waals surface area contributed by atoms with Crippen LogP contribution in [0.3, 0.4) is 0 Å². The molecule has 518 valence electrons. The van der Waals surface area contributed by atoms with E-state index in [0.717, 1.165) is 25.7 Å². The predicted octanol–water partition coefficient (Wildman–Crippen LogP) is -5.42. The van der Waals surface area contributed by atoms with E-state index < -0.39 is 215 Å². The smallest absolute Gasteiger partial charge is 0.187 e. The highest BCUT2D eigenvalue weighted by Crippen LogP contribution is 2.75. The van der Waals surface area contributed by atoms with Gasteiger partial charge in [0.2, 0.25) is 0 Å². The minimum atomic E-state index is -1.76. The van der Waals surface area contributed by atoms with Crippen molar-refractivity contribution in [1.29, 1.82) is 0 Å². The second kappa shape index (κ2) is 28.7. The summed E-state index contributed by atoms with van der Waals surface area (Å²) in [7, 11) is 0. The molecule has 0 bridgehead atoms. The molecule has 0 amide bonds. The van der Waals surface area contributed by atoms with Crippen LogP contribution in [0.15, 0.2) is 11.6 Å². The molecule has 3 saturated carbocycles. The molecule has 29 heteroatoms. The lowest BCUT2D eigenvalue weighted by molar-refractivity contribution is -0.355. The van der Waals surface area contributed by atoms with E-state index in [1.54, 1.807) is 13.8 Å². The van der Waals surface area contributed by atoms with E-state index in [-0.39, 0.29) is 35.0 Å². The minimum Gasteiger partial charge on any atom is -0.394 e. The Morgan fingerprint density at radius 1 is 0.562 bits per heavy atom. The quantitative estimate of drug-likeness (QED) is 0.0570. The van der Waals surface area contributed by atoms with E-state index in [4.69, 9.17) is 52.8 Å². The van der Waals surface area contributed by atoms with Crippen molar-refractivity contribution in [2.75, 3.05) is 33.0 Å². The lowest BCUT2D eigenvalue weighted by atomic mass is 9.38. The van der Waals surface area contributed by atoms with Gasteiger partial charge in [0.25, 0.3) is 0 Å². The number of ether oxygens (including phenoxy) is 9. The molecular weight excluding hydrogens is 1180 g/mol. The van der Waals surface area contributed by atoms with Gasteiger partial charge >= 0.3 is 0 Å². The third kappa shape index (κ3) is 14.0. The Labute approximate surface area is 517 Å². The van der Waals surface area contributed by atoms with E-state index >= 15 is 0 Å². The molecule has 0 radical (unpaired) electrons. The molecule has 0 aromatic rings. The van der Waals surface area contributed by atoms with Crippen LogP contribution in [0.25, 0.3) is 0 Å². The first-order chi connectivity index (χ1) is 41.6. The summed E-state index contributed by atoms with van der Waals surface area (Å²) in [6.45, 7) is 13.9. The molecule has 5 saturated heterocycles. The number of fused-ring (bicyclic) bond motifs is 5. The maximum absolute atomic E-state index is 12.6. The maximum Gasteiger partial charge on any atom is 0.187 e. The van der Waals surface area contributed by atoms with Gasteiger partial charge in [-0.1, -0.05) is 53.2 Å². The van der Waals surface area contributed by atoms with Crippen molar-refractivity contribution < 1.29 is 145 Å². The Kier molecular flexibility index (Phi) is 23.7. The number of hydrogen-bond donors (Lipinski definition) is 20. The van der Waals surface area contributed by atoms with Crippen LogP contribution in [0.4, 0.5) is 0 Å². The molecule has 5 aliphatic heterocycles. The molecule has 8 fully saturated rings. The van der Waals surface area contributed by atoms with Crippen molar-refractivity contribution in [1.82, 2.24) is 0 Å². The van der Waals surface area contributed by atoms with Gasteiger partial charge in [-0.3, -0.25) is 0 Å². The topological polar surface area (TPSA) is 488 Å². The van der Waals surface area contributed by atoms with Crippen molar-refractivity contribution in [3.8, 4) is 0 Å². The monoisotopic (exact) mass is 1290 g/mol. The van der Waals surface area contributed by atoms with Crippen LogP contribution in [-0.4, -0.2) is 307 Å². The van der Waals surface area contributed by atoms with E-state index in [0.29, 0.717) is 31.6 Å². The lowest BCUT2D eigenvalue weighted by Gasteiger charge is -2.67. The van der Waals surface area contributed by atoms with Gasteiger partial charge in [0, 0.05) is 17.3 Å². The molecule has 34 atom stereocenters. The third-order valence-corrected chi connectivity index (χ3v) is 22.5. The Balaban J connectivity index is 0.000000373. The zero-order chi connectivity index (χ0) is 65.9. The van der Waals surface area contributed by atoms with Gasteiger partial charge < -0.3 is 145 Å². The molecular formula is C60H104O29. The zero-order valence-corrected chi connectivity index (χ0v) is 52.0. The average Bonchev–Trinajstić information content (AvgIpc) is 1.67. The summed E-state index contributed by atoms with van der Waals surface area (Å²) in [5.41, 5.74) is -1.38. The third-order valence-electron chi connectivity index (χ3n) is 22.5. The molecule has 20 N–H and O–H groups in total. The van der Waals surface area contributed by atoms with Gasteiger partial charge in [0.1, 0.15) is 110 Å². The largest absolute Gasteiger partial charge is 0.394 e. The number of aliphatic hydroxyl groups is 20. The summed E-state index contributed by atoms with van der Waals surface area (Å²) in [6, 6.07) is 0. The summed E-state index contributed by atoms with van der Waals surface area (Å²) in [4.78, 5) is 0. The molecule has 0 aromatic carbocycles. The predicted molar refractivity (Wildman–Crippen MR) is 302 cm³/mol. The fourth-order valence-electron chi connectivity index (χ4n) is 16.7. The number of rotatable bonds is 18. The van der Waals surface area contributed by atoms with Crippen LogP contribution in [-0.2, 0) is 42.6 Å². The van der Waals surface area contributed by atoms with Gasteiger partial charge in [-0.15, -0.1) is 0 Å². The highest BCUT2D eigenvalue weighted by molar-refractivity contribution is 5.32. The molecule has 89 heavy (non-hydrogen) atoms. The van der Waals surface area contributed by atoms with Gasteiger partial charge in [0.15, 0.2) is 31.5 Å². The standard InChI is InChI=1S/C48H82O18.C12H22O11/c1-22(9-13-33(45(4,5)60)65-34-17-26(51)35(53)27(19-49)62-34)23-15-16-46(6)30-12-10-24-25(48(30,8)31(52)18-47(23,46)7)11-14-32(44(24,2)3)66-43-41(59)39(57)37(55)29(64-43)21-61-42-40(58)38(56)36(54)28(20-50)63-42;13-1-3-5(15)7(17)8(18)12(22-3)23-10-6(16)4(2-14)21-11(20)9(10)19/h10,22-23,25-43,49-60H,9,11-21H2,1-8H3;3-20H,1-2H2/t22-,23?,25?,26-,27-,28-,29-,30?,31-,32+,33-,34+,35+,36-,37-,38+,39+,40-,41-,42-,43+,46+,47-,48+;3-,4-,5-,6-,7+,8-,9-,10+,11-,12+/m11/s1. The van der Waals surface area contributed by atoms with Gasteiger partial charge in [-0.2, -0.15) is 0 Å². The van der Waals surface area contributed by atoms with E-state index in [9.17, 15) is 91.9 Å². The molecule has 9 rings (SSSR count). The summed E-state index contributed by atoms with van der Waals surface area (Å²) in [5.74, 6) is 0.738. The fraction of sp³-hybridized carbons (Fsp3) is 0.967. The Hall–Kier alpha value is -1.42. The van der Waals surface area contributed by atoms with Crippen LogP contribution in [0.2, 0.25) is 0 Å². The number of hydrogen-bond acceptors (Lipinski definition) is 29. The summed E-state index contributed by atoms with van der Waals surface area (Å²) < 4.78 is 50.8. The van der Waals surface area contributed by atoms with Crippen molar-refractivity contribution in [2.45, 2.75) is 285 Å². The minimum absolute atomic E-state index is 0.0157. The molecule has 29 nitrogen and oxygen atoms in total.